The van der Waals surface area contributed by atoms with E-state index in [-0.39, 0.29) is 17.9 Å². The fraction of sp³-hybridized carbons (Fsp3) is 0.588. The fourth-order valence-electron chi connectivity index (χ4n) is 2.80. The van der Waals surface area contributed by atoms with Crippen molar-refractivity contribution in [2.75, 3.05) is 25.0 Å². The van der Waals surface area contributed by atoms with E-state index in [0.717, 1.165) is 42.7 Å². The average Bonchev–Trinajstić information content (AvgIpc) is 2.95. The van der Waals surface area contributed by atoms with E-state index in [1.54, 1.807) is 6.92 Å². The van der Waals surface area contributed by atoms with Crippen LogP contribution in [0.4, 0.5) is 5.69 Å². The summed E-state index contributed by atoms with van der Waals surface area (Å²) in [6, 6.07) is 5.83. The second-order valence-electron chi connectivity index (χ2n) is 6.00. The molecule has 1 aromatic carbocycles. The van der Waals surface area contributed by atoms with Crippen molar-refractivity contribution in [1.82, 2.24) is 4.90 Å². The molecule has 0 bridgehead atoms. The first-order valence-electron chi connectivity index (χ1n) is 7.84. The van der Waals surface area contributed by atoms with E-state index in [1.807, 2.05) is 30.0 Å². The van der Waals surface area contributed by atoms with Gasteiger partial charge in [0, 0.05) is 36.8 Å². The summed E-state index contributed by atoms with van der Waals surface area (Å²) in [5.74, 6) is 0.281. The van der Waals surface area contributed by atoms with E-state index < -0.39 is 0 Å². The van der Waals surface area contributed by atoms with Gasteiger partial charge >= 0.3 is 0 Å². The van der Waals surface area contributed by atoms with Gasteiger partial charge in [-0.1, -0.05) is 6.92 Å². The molecule has 1 aliphatic rings. The maximum Gasteiger partial charge on any atom is 0.253 e. The molecule has 1 fully saturated rings. The highest BCUT2D eigenvalue weighted by molar-refractivity contribution is 5.95. The molecule has 0 aromatic heterocycles. The number of aliphatic hydroxyl groups is 1. The zero-order valence-corrected chi connectivity index (χ0v) is 13.2. The zero-order valence-electron chi connectivity index (χ0n) is 13.2. The summed E-state index contributed by atoms with van der Waals surface area (Å²) in [4.78, 5) is 14.4. The van der Waals surface area contributed by atoms with Crippen molar-refractivity contribution in [2.24, 2.45) is 5.92 Å². The molecule has 2 unspecified atom stereocenters. The van der Waals surface area contributed by atoms with Gasteiger partial charge in [-0.2, -0.15) is 0 Å². The van der Waals surface area contributed by atoms with Crippen LogP contribution in [0.5, 0.6) is 0 Å². The quantitative estimate of drug-likeness (QED) is 0.876. The second-order valence-corrected chi connectivity index (χ2v) is 6.00. The topological polar surface area (TPSA) is 52.6 Å². The van der Waals surface area contributed by atoms with Crippen LogP contribution in [-0.4, -0.2) is 41.7 Å². The Balaban J connectivity index is 2.05. The molecular formula is C17H26N2O2. The molecule has 1 aliphatic heterocycles. The Bertz CT molecular complexity index is 500. The molecule has 116 valence electrons. The minimum absolute atomic E-state index is 0.0725. The smallest absolute Gasteiger partial charge is 0.253 e. The van der Waals surface area contributed by atoms with E-state index in [1.165, 1.54) is 0 Å². The number of anilines is 1. The predicted octanol–water partition coefficient (Wildman–Crippen LogP) is 2.66. The molecule has 2 atom stereocenters. The molecular weight excluding hydrogens is 264 g/mol. The molecule has 1 heterocycles. The van der Waals surface area contributed by atoms with Crippen molar-refractivity contribution < 1.29 is 9.90 Å². The number of hydrogen-bond donors (Lipinski definition) is 2. The molecule has 2 rings (SSSR count). The van der Waals surface area contributed by atoms with Gasteiger partial charge in [0.1, 0.15) is 0 Å². The van der Waals surface area contributed by atoms with Crippen LogP contribution in [-0.2, 0) is 0 Å². The number of amides is 1. The van der Waals surface area contributed by atoms with Crippen LogP contribution < -0.4 is 5.32 Å². The lowest BCUT2D eigenvalue weighted by Gasteiger charge is -2.18. The van der Waals surface area contributed by atoms with Gasteiger partial charge in [-0.25, -0.2) is 0 Å². The molecule has 0 radical (unpaired) electrons. The summed E-state index contributed by atoms with van der Waals surface area (Å²) >= 11 is 0. The number of hydrogen-bond acceptors (Lipinski definition) is 3. The van der Waals surface area contributed by atoms with Crippen LogP contribution in [0.25, 0.3) is 0 Å². The van der Waals surface area contributed by atoms with Gasteiger partial charge in [-0.3, -0.25) is 4.79 Å². The SMILES string of the molecule is CCCNc1ccc(C(=O)N2CCC(C(C)O)C2)cc1C. The Labute approximate surface area is 127 Å². The third-order valence-electron chi connectivity index (χ3n) is 4.23. The molecule has 1 aromatic rings. The molecule has 1 amide bonds. The van der Waals surface area contributed by atoms with Gasteiger partial charge < -0.3 is 15.3 Å². The Morgan fingerprint density at radius 1 is 1.52 bits per heavy atom. The zero-order chi connectivity index (χ0) is 15.4. The minimum atomic E-state index is -0.342. The van der Waals surface area contributed by atoms with Crippen LogP contribution in [0.15, 0.2) is 18.2 Å². The third kappa shape index (κ3) is 3.76. The maximum atomic E-state index is 12.5. The largest absolute Gasteiger partial charge is 0.393 e. The molecule has 4 heteroatoms. The van der Waals surface area contributed by atoms with Gasteiger partial charge in [0.2, 0.25) is 0 Å². The maximum absolute atomic E-state index is 12.5. The highest BCUT2D eigenvalue weighted by Gasteiger charge is 2.29. The van der Waals surface area contributed by atoms with Crippen LogP contribution in [0.3, 0.4) is 0 Å². The van der Waals surface area contributed by atoms with Gasteiger partial charge in [-0.15, -0.1) is 0 Å². The van der Waals surface area contributed by atoms with Gasteiger partial charge in [0.05, 0.1) is 6.10 Å². The van der Waals surface area contributed by atoms with Crippen molar-refractivity contribution in [3.8, 4) is 0 Å². The Morgan fingerprint density at radius 2 is 2.29 bits per heavy atom. The van der Waals surface area contributed by atoms with Gasteiger partial charge in [-0.05, 0) is 50.5 Å². The lowest BCUT2D eigenvalue weighted by molar-refractivity contribution is 0.0762. The van der Waals surface area contributed by atoms with Crippen molar-refractivity contribution in [2.45, 2.75) is 39.7 Å². The monoisotopic (exact) mass is 290 g/mol. The predicted molar refractivity (Wildman–Crippen MR) is 85.7 cm³/mol. The lowest BCUT2D eigenvalue weighted by Crippen LogP contribution is -2.30. The minimum Gasteiger partial charge on any atom is -0.393 e. The van der Waals surface area contributed by atoms with E-state index in [0.29, 0.717) is 6.54 Å². The fourth-order valence-corrected chi connectivity index (χ4v) is 2.80. The lowest BCUT2D eigenvalue weighted by atomic mass is 10.0. The Kier molecular flexibility index (Phi) is 5.23. The number of benzene rings is 1. The number of likely N-dealkylation sites (tertiary alicyclic amines) is 1. The molecule has 0 aliphatic carbocycles. The number of rotatable bonds is 5. The first-order chi connectivity index (χ1) is 10.0. The number of carbonyl (C=O) groups excluding carboxylic acids is 1. The van der Waals surface area contributed by atoms with Crippen LogP contribution in [0.2, 0.25) is 0 Å². The van der Waals surface area contributed by atoms with Gasteiger partial charge in [0.25, 0.3) is 5.91 Å². The van der Waals surface area contributed by atoms with Gasteiger partial charge in [0.15, 0.2) is 0 Å². The van der Waals surface area contributed by atoms with Crippen LogP contribution in [0, 0.1) is 12.8 Å². The normalized spacial score (nSPS) is 19.6. The van der Waals surface area contributed by atoms with Crippen LogP contribution >= 0.6 is 0 Å². The molecule has 21 heavy (non-hydrogen) atoms. The molecule has 4 nitrogen and oxygen atoms in total. The number of carbonyl (C=O) groups is 1. The molecule has 2 N–H and O–H groups in total. The summed E-state index contributed by atoms with van der Waals surface area (Å²) in [7, 11) is 0. The van der Waals surface area contributed by atoms with E-state index in [2.05, 4.69) is 12.2 Å². The standard InChI is InChI=1S/C17H26N2O2/c1-4-8-18-16-6-5-14(10-12(16)2)17(21)19-9-7-15(11-19)13(3)20/h5-6,10,13,15,18,20H,4,7-9,11H2,1-3H3. The van der Waals surface area contributed by atoms with E-state index in [9.17, 15) is 9.90 Å². The molecule has 1 saturated heterocycles. The summed E-state index contributed by atoms with van der Waals surface area (Å²) in [5.41, 5.74) is 2.93. The summed E-state index contributed by atoms with van der Waals surface area (Å²) in [5, 5.41) is 13.0. The summed E-state index contributed by atoms with van der Waals surface area (Å²) in [6.45, 7) is 8.30. The Hall–Kier alpha value is -1.55. The molecule has 0 saturated carbocycles. The van der Waals surface area contributed by atoms with E-state index in [4.69, 9.17) is 0 Å². The highest BCUT2D eigenvalue weighted by Crippen LogP contribution is 2.23. The first-order valence-corrected chi connectivity index (χ1v) is 7.84. The molecule has 0 spiro atoms. The van der Waals surface area contributed by atoms with Crippen molar-refractivity contribution in [3.63, 3.8) is 0 Å². The highest BCUT2D eigenvalue weighted by atomic mass is 16.3. The van der Waals surface area contributed by atoms with Crippen molar-refractivity contribution >= 4 is 11.6 Å². The number of aliphatic hydroxyl groups excluding tert-OH is 1. The Morgan fingerprint density at radius 3 is 2.86 bits per heavy atom. The summed E-state index contributed by atoms with van der Waals surface area (Å²) in [6.07, 6.45) is 1.62. The number of aryl methyl sites for hydroxylation is 1. The van der Waals surface area contributed by atoms with E-state index >= 15 is 0 Å². The number of nitrogens with zero attached hydrogens (tertiary/aromatic N) is 1. The third-order valence-corrected chi connectivity index (χ3v) is 4.23. The second kappa shape index (κ2) is 6.94. The van der Waals surface area contributed by atoms with Crippen LogP contribution in [0.1, 0.15) is 42.6 Å². The average molecular weight is 290 g/mol. The van der Waals surface area contributed by atoms with Crippen molar-refractivity contribution in [3.05, 3.63) is 29.3 Å². The number of nitrogens with one attached hydrogen (secondary N) is 1. The summed E-state index contributed by atoms with van der Waals surface area (Å²) < 4.78 is 0. The first kappa shape index (κ1) is 15.8. The van der Waals surface area contributed by atoms with Crippen molar-refractivity contribution in [1.29, 1.82) is 0 Å².